The Morgan fingerprint density at radius 3 is 2.62 bits per heavy atom. The molecular formula is C9H8ClIOS. The van der Waals surface area contributed by atoms with Crippen molar-refractivity contribution >= 4 is 52.6 Å². The Bertz CT molecular complexity index is 320. The lowest BCUT2D eigenvalue weighted by Crippen LogP contribution is -2.01. The first-order valence-electron chi connectivity index (χ1n) is 3.64. The van der Waals surface area contributed by atoms with Crippen LogP contribution in [0.3, 0.4) is 0 Å². The van der Waals surface area contributed by atoms with Gasteiger partial charge < -0.3 is 0 Å². The van der Waals surface area contributed by atoms with Gasteiger partial charge in [0.1, 0.15) is 5.38 Å². The predicted molar refractivity (Wildman–Crippen MR) is 65.7 cm³/mol. The number of rotatable bonds is 2. The molecule has 4 heteroatoms. The second-order valence-electron chi connectivity index (χ2n) is 2.72. The van der Waals surface area contributed by atoms with Crippen molar-refractivity contribution in [1.29, 1.82) is 0 Å². The van der Waals surface area contributed by atoms with Gasteiger partial charge in [-0.1, -0.05) is 0 Å². The molecule has 0 spiro atoms. The van der Waals surface area contributed by atoms with E-state index in [1.165, 1.54) is 6.92 Å². The molecule has 0 amide bonds. The van der Waals surface area contributed by atoms with Gasteiger partial charge >= 0.3 is 0 Å². The highest BCUT2D eigenvalue weighted by Crippen LogP contribution is 2.25. The van der Waals surface area contributed by atoms with E-state index in [0.717, 1.165) is 14.0 Å². The van der Waals surface area contributed by atoms with Gasteiger partial charge in [-0.2, -0.15) is 0 Å². The maximum Gasteiger partial charge on any atom is 0.152 e. The molecule has 0 saturated heterocycles. The topological polar surface area (TPSA) is 17.1 Å². The summed E-state index contributed by atoms with van der Waals surface area (Å²) < 4.78 is 1.03. The SMILES string of the molecule is CC(=O)C(Cl)c1cc(S)cc(I)c1. The van der Waals surface area contributed by atoms with Crippen molar-refractivity contribution in [1.82, 2.24) is 0 Å². The van der Waals surface area contributed by atoms with Gasteiger partial charge in [0.2, 0.25) is 0 Å². The van der Waals surface area contributed by atoms with E-state index < -0.39 is 5.38 Å². The lowest BCUT2D eigenvalue weighted by atomic mass is 10.1. The number of hydrogen-bond donors (Lipinski definition) is 1. The van der Waals surface area contributed by atoms with Crippen molar-refractivity contribution in [2.45, 2.75) is 17.2 Å². The molecule has 0 radical (unpaired) electrons. The van der Waals surface area contributed by atoms with Crippen LogP contribution in [0.15, 0.2) is 23.1 Å². The summed E-state index contributed by atoms with van der Waals surface area (Å²) in [6.07, 6.45) is 0. The number of Topliss-reactive ketones (excluding diaryl/α,β-unsaturated/α-hetero) is 1. The molecule has 0 aliphatic carbocycles. The maximum absolute atomic E-state index is 11.0. The Kier molecular flexibility index (Phi) is 4.06. The first kappa shape index (κ1) is 11.3. The van der Waals surface area contributed by atoms with Crippen molar-refractivity contribution < 1.29 is 4.79 Å². The fraction of sp³-hybridized carbons (Fsp3) is 0.222. The summed E-state index contributed by atoms with van der Waals surface area (Å²) in [5, 5.41) is -0.555. The van der Waals surface area contributed by atoms with Gasteiger partial charge in [0.25, 0.3) is 0 Å². The Morgan fingerprint density at radius 1 is 1.54 bits per heavy atom. The molecule has 0 heterocycles. The molecule has 1 aromatic carbocycles. The number of ketones is 1. The monoisotopic (exact) mass is 326 g/mol. The molecule has 0 fully saturated rings. The van der Waals surface area contributed by atoms with Gasteiger partial charge in [0, 0.05) is 8.47 Å². The van der Waals surface area contributed by atoms with Crippen LogP contribution >= 0.6 is 46.8 Å². The van der Waals surface area contributed by atoms with Crippen molar-refractivity contribution in [3.8, 4) is 0 Å². The molecule has 1 unspecified atom stereocenters. The van der Waals surface area contributed by atoms with Gasteiger partial charge in [-0.15, -0.1) is 24.2 Å². The highest BCUT2D eigenvalue weighted by molar-refractivity contribution is 14.1. The number of carbonyl (C=O) groups is 1. The molecule has 0 aliphatic heterocycles. The Balaban J connectivity index is 3.07. The van der Waals surface area contributed by atoms with E-state index >= 15 is 0 Å². The smallest absolute Gasteiger partial charge is 0.152 e. The molecular weight excluding hydrogens is 319 g/mol. The van der Waals surface area contributed by atoms with Gasteiger partial charge in [0.15, 0.2) is 5.78 Å². The summed E-state index contributed by atoms with van der Waals surface area (Å²) in [6, 6.07) is 5.61. The fourth-order valence-electron chi connectivity index (χ4n) is 0.977. The Morgan fingerprint density at radius 2 is 2.15 bits per heavy atom. The molecule has 0 bridgehead atoms. The zero-order valence-electron chi connectivity index (χ0n) is 6.92. The van der Waals surface area contributed by atoms with E-state index in [1.54, 1.807) is 0 Å². The van der Waals surface area contributed by atoms with Gasteiger partial charge in [-0.3, -0.25) is 4.79 Å². The zero-order valence-corrected chi connectivity index (χ0v) is 10.7. The minimum Gasteiger partial charge on any atom is -0.298 e. The van der Waals surface area contributed by atoms with Crippen molar-refractivity contribution in [3.63, 3.8) is 0 Å². The minimum atomic E-state index is -0.555. The second-order valence-corrected chi connectivity index (χ2v) is 4.91. The first-order valence-corrected chi connectivity index (χ1v) is 5.61. The largest absolute Gasteiger partial charge is 0.298 e. The van der Waals surface area contributed by atoms with Crippen LogP contribution in [0.4, 0.5) is 0 Å². The summed E-state index contributed by atoms with van der Waals surface area (Å²) >= 11 is 12.3. The third-order valence-electron chi connectivity index (χ3n) is 1.55. The zero-order chi connectivity index (χ0) is 10.0. The number of halogens is 2. The molecule has 0 N–H and O–H groups in total. The molecule has 1 aromatic rings. The number of hydrogen-bond acceptors (Lipinski definition) is 2. The Labute approximate surface area is 101 Å². The van der Waals surface area contributed by atoms with Crippen LogP contribution in [-0.4, -0.2) is 5.78 Å². The lowest BCUT2D eigenvalue weighted by molar-refractivity contribution is -0.116. The van der Waals surface area contributed by atoms with Crippen LogP contribution in [0.25, 0.3) is 0 Å². The molecule has 0 aliphatic rings. The molecule has 0 aromatic heterocycles. The van der Waals surface area contributed by atoms with Crippen LogP contribution in [0.1, 0.15) is 17.9 Å². The van der Waals surface area contributed by atoms with Gasteiger partial charge in [0.05, 0.1) is 0 Å². The summed E-state index contributed by atoms with van der Waals surface area (Å²) in [6.45, 7) is 1.48. The lowest BCUT2D eigenvalue weighted by Gasteiger charge is -2.07. The average molecular weight is 327 g/mol. The normalized spacial score (nSPS) is 12.6. The molecule has 13 heavy (non-hydrogen) atoms. The van der Waals surface area contributed by atoms with Crippen LogP contribution in [-0.2, 0) is 4.79 Å². The van der Waals surface area contributed by atoms with E-state index in [2.05, 4.69) is 35.2 Å². The Hall–Kier alpha value is 0.260. The van der Waals surface area contributed by atoms with Crippen LogP contribution in [0, 0.1) is 3.57 Å². The van der Waals surface area contributed by atoms with Crippen LogP contribution < -0.4 is 0 Å². The van der Waals surface area contributed by atoms with E-state index in [4.69, 9.17) is 11.6 Å². The quantitative estimate of drug-likeness (QED) is 0.500. The standard InChI is InChI=1S/C9H8ClIOS/c1-5(12)9(10)6-2-7(11)4-8(13)3-6/h2-4,9,13H,1H3. The molecule has 1 rings (SSSR count). The van der Waals surface area contributed by atoms with Crippen LogP contribution in [0.5, 0.6) is 0 Å². The van der Waals surface area contributed by atoms with Crippen LogP contribution in [0.2, 0.25) is 0 Å². The second kappa shape index (κ2) is 4.66. The third-order valence-corrected chi connectivity index (χ3v) is 2.99. The van der Waals surface area contributed by atoms with Crippen molar-refractivity contribution in [3.05, 3.63) is 27.3 Å². The maximum atomic E-state index is 11.0. The summed E-state index contributed by atoms with van der Waals surface area (Å²) in [5.41, 5.74) is 0.811. The summed E-state index contributed by atoms with van der Waals surface area (Å²) in [5.74, 6) is -0.0450. The molecule has 70 valence electrons. The molecule has 0 saturated carbocycles. The number of benzene rings is 1. The summed E-state index contributed by atoms with van der Waals surface area (Å²) in [7, 11) is 0. The van der Waals surface area contributed by atoms with E-state index in [0.29, 0.717) is 0 Å². The number of alkyl halides is 1. The fourth-order valence-corrected chi connectivity index (χ4v) is 2.33. The summed E-state index contributed by atoms with van der Waals surface area (Å²) in [4.78, 5) is 11.8. The number of thiol groups is 1. The van der Waals surface area contributed by atoms with E-state index in [1.807, 2.05) is 18.2 Å². The highest BCUT2D eigenvalue weighted by Gasteiger charge is 2.13. The number of carbonyl (C=O) groups excluding carboxylic acids is 1. The molecule has 1 atom stereocenters. The predicted octanol–water partition coefficient (Wildman–Crippen LogP) is 3.45. The van der Waals surface area contributed by atoms with Gasteiger partial charge in [-0.25, -0.2) is 0 Å². The van der Waals surface area contributed by atoms with E-state index in [9.17, 15) is 4.79 Å². The van der Waals surface area contributed by atoms with Crippen molar-refractivity contribution in [2.24, 2.45) is 0 Å². The third kappa shape index (κ3) is 3.14. The van der Waals surface area contributed by atoms with Gasteiger partial charge in [-0.05, 0) is 53.3 Å². The van der Waals surface area contributed by atoms with E-state index in [-0.39, 0.29) is 5.78 Å². The highest BCUT2D eigenvalue weighted by atomic mass is 127. The van der Waals surface area contributed by atoms with Crippen molar-refractivity contribution in [2.75, 3.05) is 0 Å². The average Bonchev–Trinajstić information content (AvgIpc) is 2.01. The first-order chi connectivity index (χ1) is 6.00. The molecule has 1 nitrogen and oxygen atoms in total. The minimum absolute atomic E-state index is 0.0450.